The second kappa shape index (κ2) is 5.16. The summed E-state index contributed by atoms with van der Waals surface area (Å²) in [5, 5.41) is 0. The van der Waals surface area contributed by atoms with E-state index in [0.29, 0.717) is 11.8 Å². The molecule has 2 nitrogen and oxygen atoms in total. The fraction of sp³-hybridized carbons (Fsp3) is 0.889. The minimum Gasteiger partial charge on any atom is -0.345 e. The van der Waals surface area contributed by atoms with E-state index < -0.39 is 0 Å². The molecule has 0 aliphatic carbocycles. The SMILES string of the molecule is CC.CC1CCC(=O)N(C)C1.[HH]. The molecule has 0 aromatic carbocycles. The quantitative estimate of drug-likeness (QED) is 0.530. The maximum absolute atomic E-state index is 10.9. The molecule has 1 heterocycles. The Morgan fingerprint density at radius 1 is 1.55 bits per heavy atom. The predicted molar refractivity (Wildman–Crippen MR) is 49.5 cm³/mol. The average Bonchev–Trinajstić information content (AvgIpc) is 2.02. The molecule has 1 atom stereocenters. The Kier molecular flexibility index (Phi) is 4.92. The summed E-state index contributed by atoms with van der Waals surface area (Å²) in [6.45, 7) is 7.13. The number of amides is 1. The number of carbonyl (C=O) groups excluding carboxylic acids is 1. The van der Waals surface area contributed by atoms with Gasteiger partial charge in [0, 0.05) is 21.4 Å². The van der Waals surface area contributed by atoms with Gasteiger partial charge in [0.15, 0.2) is 0 Å². The molecule has 0 saturated carbocycles. The molecule has 1 fully saturated rings. The molecule has 0 bridgehead atoms. The summed E-state index contributed by atoms with van der Waals surface area (Å²) >= 11 is 0. The van der Waals surface area contributed by atoms with Gasteiger partial charge in [0.1, 0.15) is 0 Å². The number of likely N-dealkylation sites (tertiary alicyclic amines) is 1. The highest BCUT2D eigenvalue weighted by Crippen LogP contribution is 2.14. The minimum absolute atomic E-state index is 0. The normalized spacial score (nSPS) is 24.2. The summed E-state index contributed by atoms with van der Waals surface area (Å²) in [7, 11) is 1.87. The number of rotatable bonds is 0. The van der Waals surface area contributed by atoms with Crippen molar-refractivity contribution < 1.29 is 6.22 Å². The molecule has 68 valence electrons. The molecule has 0 radical (unpaired) electrons. The van der Waals surface area contributed by atoms with Gasteiger partial charge in [-0.15, -0.1) is 0 Å². The third kappa shape index (κ3) is 3.40. The fourth-order valence-electron chi connectivity index (χ4n) is 1.22. The van der Waals surface area contributed by atoms with E-state index in [1.54, 1.807) is 0 Å². The van der Waals surface area contributed by atoms with Crippen LogP contribution in [0.1, 0.15) is 35.0 Å². The van der Waals surface area contributed by atoms with Crippen LogP contribution in [0.5, 0.6) is 0 Å². The zero-order valence-electron chi connectivity index (χ0n) is 8.05. The van der Waals surface area contributed by atoms with E-state index in [0.717, 1.165) is 19.4 Å². The lowest BCUT2D eigenvalue weighted by Crippen LogP contribution is -2.35. The number of hydrogen-bond donors (Lipinski definition) is 0. The van der Waals surface area contributed by atoms with Crippen LogP contribution in [0.25, 0.3) is 0 Å². The van der Waals surface area contributed by atoms with Crippen molar-refractivity contribution in [2.75, 3.05) is 13.6 Å². The Balaban J connectivity index is 0. The van der Waals surface area contributed by atoms with E-state index in [1.165, 1.54) is 0 Å². The first-order valence-electron chi connectivity index (χ1n) is 4.44. The summed E-state index contributed by atoms with van der Waals surface area (Å²) < 4.78 is 0. The van der Waals surface area contributed by atoms with Gasteiger partial charge < -0.3 is 4.90 Å². The van der Waals surface area contributed by atoms with Crippen LogP contribution < -0.4 is 0 Å². The Labute approximate surface area is 71.1 Å². The molecule has 0 spiro atoms. The van der Waals surface area contributed by atoms with Crippen molar-refractivity contribution >= 4 is 5.91 Å². The number of nitrogens with zero attached hydrogens (tertiary/aromatic N) is 1. The van der Waals surface area contributed by atoms with Crippen molar-refractivity contribution in [3.05, 3.63) is 0 Å². The Morgan fingerprint density at radius 2 is 2.09 bits per heavy atom. The molecule has 1 unspecified atom stereocenters. The summed E-state index contributed by atoms with van der Waals surface area (Å²) in [4.78, 5) is 12.7. The molecule has 1 rings (SSSR count). The smallest absolute Gasteiger partial charge is 0.222 e. The molecule has 1 aliphatic rings. The van der Waals surface area contributed by atoms with Crippen LogP contribution in [-0.2, 0) is 4.79 Å². The summed E-state index contributed by atoms with van der Waals surface area (Å²) in [5.74, 6) is 1.00. The third-order valence-corrected chi connectivity index (χ3v) is 1.86. The molecular formula is C9H21NO. The monoisotopic (exact) mass is 159 g/mol. The van der Waals surface area contributed by atoms with Crippen molar-refractivity contribution in [1.29, 1.82) is 0 Å². The molecule has 2 heteroatoms. The van der Waals surface area contributed by atoms with Crippen molar-refractivity contribution in [3.63, 3.8) is 0 Å². The van der Waals surface area contributed by atoms with Gasteiger partial charge in [0.2, 0.25) is 5.91 Å². The van der Waals surface area contributed by atoms with Gasteiger partial charge in [0.05, 0.1) is 0 Å². The Hall–Kier alpha value is -0.530. The second-order valence-corrected chi connectivity index (χ2v) is 2.92. The van der Waals surface area contributed by atoms with E-state index in [2.05, 4.69) is 6.92 Å². The third-order valence-electron chi connectivity index (χ3n) is 1.86. The zero-order valence-corrected chi connectivity index (χ0v) is 8.05. The Morgan fingerprint density at radius 3 is 2.45 bits per heavy atom. The van der Waals surface area contributed by atoms with Gasteiger partial charge in [-0.05, 0) is 12.3 Å². The van der Waals surface area contributed by atoms with Crippen molar-refractivity contribution in [1.82, 2.24) is 4.90 Å². The first-order valence-corrected chi connectivity index (χ1v) is 4.44. The fourth-order valence-corrected chi connectivity index (χ4v) is 1.22. The largest absolute Gasteiger partial charge is 0.345 e. The van der Waals surface area contributed by atoms with Crippen LogP contribution in [0.4, 0.5) is 0 Å². The first kappa shape index (κ1) is 10.5. The van der Waals surface area contributed by atoms with E-state index >= 15 is 0 Å². The highest BCUT2D eigenvalue weighted by molar-refractivity contribution is 5.76. The molecule has 0 aromatic rings. The van der Waals surface area contributed by atoms with E-state index in [1.807, 2.05) is 25.8 Å². The lowest BCUT2D eigenvalue weighted by atomic mass is 10.0. The van der Waals surface area contributed by atoms with Crippen molar-refractivity contribution in [3.8, 4) is 0 Å². The number of hydrogen-bond acceptors (Lipinski definition) is 1. The van der Waals surface area contributed by atoms with Gasteiger partial charge >= 0.3 is 0 Å². The second-order valence-electron chi connectivity index (χ2n) is 2.92. The minimum atomic E-state index is 0. The van der Waals surface area contributed by atoms with Crippen molar-refractivity contribution in [2.45, 2.75) is 33.6 Å². The molecule has 1 aliphatic heterocycles. The zero-order chi connectivity index (χ0) is 8.85. The standard InChI is InChI=1S/C7H13NO.C2H6.H2/c1-6-3-4-7(9)8(2)5-6;1-2;/h6H,3-5H2,1-2H3;1-2H3;1H. The van der Waals surface area contributed by atoms with Crippen LogP contribution in [-0.4, -0.2) is 24.4 Å². The van der Waals surface area contributed by atoms with Crippen LogP contribution in [0.3, 0.4) is 0 Å². The van der Waals surface area contributed by atoms with Gasteiger partial charge in [-0.2, -0.15) is 0 Å². The first-order chi connectivity index (χ1) is 5.20. The number of piperidine rings is 1. The molecule has 11 heavy (non-hydrogen) atoms. The van der Waals surface area contributed by atoms with Crippen LogP contribution >= 0.6 is 0 Å². The van der Waals surface area contributed by atoms with Crippen LogP contribution in [0.15, 0.2) is 0 Å². The lowest BCUT2D eigenvalue weighted by Gasteiger charge is -2.26. The Bertz CT molecular complexity index is 128. The van der Waals surface area contributed by atoms with E-state index in [4.69, 9.17) is 0 Å². The van der Waals surface area contributed by atoms with Gasteiger partial charge in [-0.1, -0.05) is 20.8 Å². The summed E-state index contributed by atoms with van der Waals surface area (Å²) in [6.07, 6.45) is 1.82. The molecule has 0 aromatic heterocycles. The van der Waals surface area contributed by atoms with Crippen molar-refractivity contribution in [2.24, 2.45) is 5.92 Å². The van der Waals surface area contributed by atoms with Gasteiger partial charge in [0.25, 0.3) is 0 Å². The van der Waals surface area contributed by atoms with Crippen LogP contribution in [0, 0.1) is 5.92 Å². The maximum Gasteiger partial charge on any atom is 0.222 e. The summed E-state index contributed by atoms with van der Waals surface area (Å²) in [6, 6.07) is 0. The number of carbonyl (C=O) groups is 1. The average molecular weight is 159 g/mol. The van der Waals surface area contributed by atoms with Gasteiger partial charge in [-0.25, -0.2) is 0 Å². The van der Waals surface area contributed by atoms with Crippen LogP contribution in [0.2, 0.25) is 0 Å². The summed E-state index contributed by atoms with van der Waals surface area (Å²) in [5.41, 5.74) is 0. The predicted octanol–water partition coefficient (Wildman–Crippen LogP) is 2.15. The topological polar surface area (TPSA) is 20.3 Å². The maximum atomic E-state index is 10.9. The molecule has 1 saturated heterocycles. The molecular weight excluding hydrogens is 138 g/mol. The highest BCUT2D eigenvalue weighted by Gasteiger charge is 2.18. The highest BCUT2D eigenvalue weighted by atomic mass is 16.2. The van der Waals surface area contributed by atoms with E-state index in [9.17, 15) is 4.79 Å². The van der Waals surface area contributed by atoms with E-state index in [-0.39, 0.29) is 1.43 Å². The molecule has 1 amide bonds. The van der Waals surface area contributed by atoms with Gasteiger partial charge in [-0.3, -0.25) is 4.79 Å². The lowest BCUT2D eigenvalue weighted by molar-refractivity contribution is -0.132. The molecule has 0 N–H and O–H groups in total.